The Balaban J connectivity index is 1.35. The number of piperazine rings is 1. The molecule has 5 rings (SSSR count). The average Bonchev–Trinajstić information content (AvgIpc) is 3.35. The molecule has 0 spiro atoms. The monoisotopic (exact) mass is 471 g/mol. The molecule has 1 saturated heterocycles. The number of fused-ring (bicyclic) bond motifs is 1. The number of nitrogens with one attached hydrogen (secondary N) is 1. The number of nitrogens with zero attached hydrogens (tertiary/aromatic N) is 6. The second kappa shape index (κ2) is 9.40. The number of anilines is 3. The zero-order valence-electron chi connectivity index (χ0n) is 19.8. The van der Waals surface area contributed by atoms with Gasteiger partial charge in [-0.3, -0.25) is 0 Å². The average molecular weight is 472 g/mol. The van der Waals surface area contributed by atoms with Crippen molar-refractivity contribution in [3.05, 3.63) is 67.1 Å². The maximum Gasteiger partial charge on any atom is 0.185 e. The summed E-state index contributed by atoms with van der Waals surface area (Å²) in [6.07, 6.45) is 5.69. The largest absolute Gasteiger partial charge is 0.354 e. The van der Waals surface area contributed by atoms with Crippen molar-refractivity contribution < 1.29 is 0 Å². The van der Waals surface area contributed by atoms with Gasteiger partial charge in [0, 0.05) is 75.5 Å². The molecule has 0 saturated carbocycles. The van der Waals surface area contributed by atoms with Gasteiger partial charge < -0.3 is 20.0 Å². The van der Waals surface area contributed by atoms with Crippen molar-refractivity contribution >= 4 is 44.6 Å². The Labute approximate surface area is 204 Å². The summed E-state index contributed by atoms with van der Waals surface area (Å²) in [4.78, 5) is 21.5. The Morgan fingerprint density at radius 3 is 2.56 bits per heavy atom. The quantitative estimate of drug-likeness (QED) is 0.439. The topological polar surface area (TPSA) is 60.4 Å². The lowest BCUT2D eigenvalue weighted by atomic mass is 10.1. The van der Waals surface area contributed by atoms with Gasteiger partial charge in [-0.15, -0.1) is 0 Å². The fourth-order valence-electron chi connectivity index (χ4n) is 4.01. The van der Waals surface area contributed by atoms with Gasteiger partial charge in [0.15, 0.2) is 5.13 Å². The number of thiazole rings is 1. The highest BCUT2D eigenvalue weighted by molar-refractivity contribution is 7.18. The van der Waals surface area contributed by atoms with Crippen LogP contribution in [0, 0.1) is 0 Å². The van der Waals surface area contributed by atoms with Crippen LogP contribution in [0.3, 0.4) is 0 Å². The predicted octanol–water partition coefficient (Wildman–Crippen LogP) is 4.65. The van der Waals surface area contributed by atoms with Gasteiger partial charge in [0.25, 0.3) is 0 Å². The highest BCUT2D eigenvalue weighted by Crippen LogP contribution is 2.32. The highest BCUT2D eigenvalue weighted by Gasteiger charge is 2.16. The van der Waals surface area contributed by atoms with E-state index in [0.29, 0.717) is 0 Å². The molecule has 3 aromatic heterocycles. The molecule has 1 aliphatic heterocycles. The molecular formula is C26H29N7S. The van der Waals surface area contributed by atoms with Gasteiger partial charge in [-0.05, 0) is 42.3 Å². The normalized spacial score (nSPS) is 14.4. The van der Waals surface area contributed by atoms with E-state index in [1.54, 1.807) is 11.3 Å². The Morgan fingerprint density at radius 1 is 0.971 bits per heavy atom. The summed E-state index contributed by atoms with van der Waals surface area (Å²) in [5.74, 6) is 1.76. The summed E-state index contributed by atoms with van der Waals surface area (Å²) in [5, 5.41) is 6.60. The SMILES string of the molecule is C=C(Nc1cc2cc(-c3cnc(N(C)C)s3)ccc2cn1)c1ccnc(N2CCN(C)CC2)c1. The summed E-state index contributed by atoms with van der Waals surface area (Å²) in [5.41, 5.74) is 2.97. The first-order chi connectivity index (χ1) is 16.5. The van der Waals surface area contributed by atoms with Crippen LogP contribution in [-0.4, -0.2) is 67.2 Å². The molecule has 4 aromatic rings. The molecule has 4 heterocycles. The molecule has 0 atom stereocenters. The van der Waals surface area contributed by atoms with Crippen molar-refractivity contribution in [3.8, 4) is 10.4 Å². The number of aromatic nitrogens is 3. The Kier molecular flexibility index (Phi) is 6.17. The van der Waals surface area contributed by atoms with Crippen LogP contribution in [0.2, 0.25) is 0 Å². The number of likely N-dealkylation sites (N-methyl/N-ethyl adjacent to an activating group) is 1. The van der Waals surface area contributed by atoms with Crippen molar-refractivity contribution in [3.63, 3.8) is 0 Å². The molecule has 1 aromatic carbocycles. The van der Waals surface area contributed by atoms with Crippen LogP contribution in [0.1, 0.15) is 5.56 Å². The molecule has 1 fully saturated rings. The van der Waals surface area contributed by atoms with Gasteiger partial charge in [-0.1, -0.05) is 30.0 Å². The van der Waals surface area contributed by atoms with Crippen LogP contribution in [0.5, 0.6) is 0 Å². The molecular weight excluding hydrogens is 442 g/mol. The molecule has 1 N–H and O–H groups in total. The van der Waals surface area contributed by atoms with E-state index in [2.05, 4.69) is 74.0 Å². The highest BCUT2D eigenvalue weighted by atomic mass is 32.1. The number of hydrogen-bond acceptors (Lipinski definition) is 8. The minimum absolute atomic E-state index is 0.769. The predicted molar refractivity (Wildman–Crippen MR) is 144 cm³/mol. The van der Waals surface area contributed by atoms with Gasteiger partial charge in [0.05, 0.1) is 4.88 Å². The van der Waals surface area contributed by atoms with E-state index in [1.807, 2.05) is 43.7 Å². The van der Waals surface area contributed by atoms with Gasteiger partial charge in [0.1, 0.15) is 11.6 Å². The molecule has 0 amide bonds. The van der Waals surface area contributed by atoms with Gasteiger partial charge in [-0.25, -0.2) is 15.0 Å². The first-order valence-electron chi connectivity index (χ1n) is 11.4. The molecule has 0 bridgehead atoms. The third-order valence-corrected chi connectivity index (χ3v) is 7.30. The Bertz CT molecular complexity index is 1320. The molecule has 174 valence electrons. The van der Waals surface area contributed by atoms with E-state index in [1.165, 1.54) is 0 Å². The summed E-state index contributed by atoms with van der Waals surface area (Å²) in [6.45, 7) is 8.33. The number of hydrogen-bond donors (Lipinski definition) is 1. The minimum Gasteiger partial charge on any atom is -0.354 e. The zero-order chi connectivity index (χ0) is 23.7. The lowest BCUT2D eigenvalue weighted by molar-refractivity contribution is 0.312. The van der Waals surface area contributed by atoms with Crippen LogP contribution in [0.4, 0.5) is 16.8 Å². The molecule has 1 aliphatic rings. The molecule has 7 nitrogen and oxygen atoms in total. The summed E-state index contributed by atoms with van der Waals surface area (Å²) in [6, 6.07) is 12.6. The standard InChI is InChI=1S/C26H29N7S/c1-18(19-7-8-27-25(15-19)33-11-9-32(4)10-12-33)30-24-14-22-13-20(5-6-21(22)16-28-24)23-17-29-26(34-23)31(2)3/h5-8,13-17H,1,9-12H2,2-4H3,(H,28,30). The number of benzene rings is 1. The number of rotatable bonds is 6. The van der Waals surface area contributed by atoms with Crippen molar-refractivity contribution in [2.24, 2.45) is 0 Å². The summed E-state index contributed by atoms with van der Waals surface area (Å²) in [7, 11) is 6.18. The van der Waals surface area contributed by atoms with E-state index in [9.17, 15) is 0 Å². The lowest BCUT2D eigenvalue weighted by Crippen LogP contribution is -2.44. The smallest absolute Gasteiger partial charge is 0.185 e. The maximum absolute atomic E-state index is 4.60. The van der Waals surface area contributed by atoms with E-state index >= 15 is 0 Å². The Hall–Kier alpha value is -3.49. The summed E-state index contributed by atoms with van der Waals surface area (Å²) < 4.78 is 0. The Morgan fingerprint density at radius 2 is 1.79 bits per heavy atom. The van der Waals surface area contributed by atoms with Crippen LogP contribution in [-0.2, 0) is 0 Å². The van der Waals surface area contributed by atoms with E-state index in [0.717, 1.165) is 75.4 Å². The molecule has 0 aliphatic carbocycles. The third kappa shape index (κ3) is 4.73. The lowest BCUT2D eigenvalue weighted by Gasteiger charge is -2.33. The van der Waals surface area contributed by atoms with Crippen molar-refractivity contribution in [2.75, 3.05) is 62.4 Å². The minimum atomic E-state index is 0.769. The van der Waals surface area contributed by atoms with Crippen molar-refractivity contribution in [1.29, 1.82) is 0 Å². The zero-order valence-corrected chi connectivity index (χ0v) is 20.6. The van der Waals surface area contributed by atoms with Gasteiger partial charge in [-0.2, -0.15) is 0 Å². The second-order valence-corrected chi connectivity index (χ2v) is 9.84. The van der Waals surface area contributed by atoms with E-state index in [4.69, 9.17) is 0 Å². The van der Waals surface area contributed by atoms with Crippen LogP contribution >= 0.6 is 11.3 Å². The van der Waals surface area contributed by atoms with E-state index < -0.39 is 0 Å². The van der Waals surface area contributed by atoms with Gasteiger partial charge in [0.2, 0.25) is 0 Å². The maximum atomic E-state index is 4.60. The second-order valence-electron chi connectivity index (χ2n) is 8.83. The van der Waals surface area contributed by atoms with Crippen LogP contribution in [0.25, 0.3) is 26.9 Å². The van der Waals surface area contributed by atoms with E-state index in [-0.39, 0.29) is 0 Å². The molecule has 0 radical (unpaired) electrons. The first kappa shape index (κ1) is 22.3. The fraction of sp³-hybridized carbons (Fsp3) is 0.269. The van der Waals surface area contributed by atoms with Crippen LogP contribution < -0.4 is 15.1 Å². The van der Waals surface area contributed by atoms with Crippen molar-refractivity contribution in [1.82, 2.24) is 19.9 Å². The van der Waals surface area contributed by atoms with Gasteiger partial charge >= 0.3 is 0 Å². The molecule has 34 heavy (non-hydrogen) atoms. The third-order valence-electron chi connectivity index (χ3n) is 6.08. The summed E-state index contributed by atoms with van der Waals surface area (Å²) >= 11 is 1.68. The molecule has 0 unspecified atom stereocenters. The fourth-order valence-corrected chi connectivity index (χ4v) is 4.84. The number of pyridine rings is 2. The van der Waals surface area contributed by atoms with Crippen LogP contribution in [0.15, 0.2) is 61.6 Å². The van der Waals surface area contributed by atoms with Crippen molar-refractivity contribution in [2.45, 2.75) is 0 Å². The first-order valence-corrected chi connectivity index (χ1v) is 12.2. The molecule has 8 heteroatoms.